The number of pyridine rings is 1. The fourth-order valence-corrected chi connectivity index (χ4v) is 2.34. The molecule has 1 aliphatic carbocycles. The van der Waals surface area contributed by atoms with Crippen LogP contribution in [0.15, 0.2) is 30.5 Å². The number of nitro benzene ring substituents is 1. The molecule has 1 fully saturated rings. The third kappa shape index (κ3) is 2.26. The first-order valence-electron chi connectivity index (χ1n) is 6.53. The first-order chi connectivity index (χ1) is 10.0. The highest BCUT2D eigenvalue weighted by atomic mass is 16.6. The molecular weight excluding hydrogens is 274 g/mol. The van der Waals surface area contributed by atoms with Gasteiger partial charge in [-0.1, -0.05) is 0 Å². The summed E-state index contributed by atoms with van der Waals surface area (Å²) < 4.78 is 0. The fourth-order valence-electron chi connectivity index (χ4n) is 2.34. The summed E-state index contributed by atoms with van der Waals surface area (Å²) in [5, 5.41) is 23.9. The van der Waals surface area contributed by atoms with Crippen molar-refractivity contribution in [2.75, 3.05) is 11.9 Å². The number of rotatable bonds is 5. The molecule has 1 aliphatic rings. The number of carboxylic acid groups (broad SMARTS) is 1. The van der Waals surface area contributed by atoms with Gasteiger partial charge >= 0.3 is 5.97 Å². The molecule has 21 heavy (non-hydrogen) atoms. The first-order valence-corrected chi connectivity index (χ1v) is 6.53. The highest BCUT2D eigenvalue weighted by Gasteiger charge is 2.50. The van der Waals surface area contributed by atoms with Gasteiger partial charge in [0.2, 0.25) is 0 Å². The number of nitro groups is 1. The summed E-state index contributed by atoms with van der Waals surface area (Å²) in [5.41, 5.74) is 0.204. The van der Waals surface area contributed by atoms with Gasteiger partial charge in [0, 0.05) is 29.9 Å². The second-order valence-electron chi connectivity index (χ2n) is 5.23. The van der Waals surface area contributed by atoms with Crippen molar-refractivity contribution in [1.29, 1.82) is 0 Å². The zero-order chi connectivity index (χ0) is 15.0. The topological polar surface area (TPSA) is 105 Å². The van der Waals surface area contributed by atoms with Crippen LogP contribution in [0.4, 0.5) is 11.4 Å². The molecule has 7 heteroatoms. The normalized spacial score (nSPS) is 15.6. The van der Waals surface area contributed by atoms with Crippen molar-refractivity contribution in [3.8, 4) is 0 Å². The van der Waals surface area contributed by atoms with Crippen LogP contribution in [0.1, 0.15) is 12.8 Å². The summed E-state index contributed by atoms with van der Waals surface area (Å²) >= 11 is 0. The highest BCUT2D eigenvalue weighted by molar-refractivity contribution is 5.97. The number of carboxylic acids is 1. The van der Waals surface area contributed by atoms with E-state index in [1.165, 1.54) is 12.3 Å². The van der Waals surface area contributed by atoms with E-state index in [9.17, 15) is 20.0 Å². The molecule has 0 aliphatic heterocycles. The fraction of sp³-hybridized carbons (Fsp3) is 0.286. The Morgan fingerprint density at radius 2 is 2.19 bits per heavy atom. The molecule has 0 spiro atoms. The molecule has 2 aromatic rings. The number of hydrogen-bond acceptors (Lipinski definition) is 5. The Labute approximate surface area is 119 Å². The summed E-state index contributed by atoms with van der Waals surface area (Å²) in [7, 11) is 0. The van der Waals surface area contributed by atoms with Crippen LogP contribution in [0.5, 0.6) is 0 Å². The maximum atomic E-state index is 11.2. The molecule has 2 N–H and O–H groups in total. The SMILES string of the molecule is O=C(O)C1(CNc2ccc([N+](=O)[O-])c3ncccc23)CC1. The van der Waals surface area contributed by atoms with E-state index in [0.29, 0.717) is 36.0 Å². The molecule has 0 bridgehead atoms. The third-order valence-corrected chi connectivity index (χ3v) is 3.87. The zero-order valence-electron chi connectivity index (χ0n) is 11.1. The van der Waals surface area contributed by atoms with Crippen molar-refractivity contribution in [2.45, 2.75) is 12.8 Å². The van der Waals surface area contributed by atoms with Crippen molar-refractivity contribution >= 4 is 28.2 Å². The molecule has 0 atom stereocenters. The molecule has 0 saturated heterocycles. The Morgan fingerprint density at radius 1 is 1.43 bits per heavy atom. The number of fused-ring (bicyclic) bond motifs is 1. The van der Waals surface area contributed by atoms with Crippen LogP contribution >= 0.6 is 0 Å². The number of benzene rings is 1. The predicted octanol–water partition coefficient (Wildman–Crippen LogP) is 2.42. The summed E-state index contributed by atoms with van der Waals surface area (Å²) in [6.45, 7) is 0.310. The number of carbonyl (C=O) groups is 1. The average molecular weight is 287 g/mol. The van der Waals surface area contributed by atoms with Gasteiger partial charge in [-0.05, 0) is 31.0 Å². The Balaban J connectivity index is 1.95. The van der Waals surface area contributed by atoms with E-state index in [1.54, 1.807) is 18.2 Å². The Morgan fingerprint density at radius 3 is 2.81 bits per heavy atom. The third-order valence-electron chi connectivity index (χ3n) is 3.87. The van der Waals surface area contributed by atoms with Crippen LogP contribution in [-0.2, 0) is 4.79 Å². The second-order valence-corrected chi connectivity index (χ2v) is 5.23. The van der Waals surface area contributed by atoms with E-state index in [4.69, 9.17) is 0 Å². The molecule has 0 amide bonds. The monoisotopic (exact) mass is 287 g/mol. The lowest BCUT2D eigenvalue weighted by molar-refractivity contribution is -0.383. The van der Waals surface area contributed by atoms with Gasteiger partial charge in [0.05, 0.1) is 10.3 Å². The molecule has 0 radical (unpaired) electrons. The predicted molar refractivity (Wildman–Crippen MR) is 76.2 cm³/mol. The molecule has 1 heterocycles. The van der Waals surface area contributed by atoms with Gasteiger partial charge in [0.25, 0.3) is 5.69 Å². The maximum Gasteiger partial charge on any atom is 0.311 e. The zero-order valence-corrected chi connectivity index (χ0v) is 11.1. The van der Waals surface area contributed by atoms with Crippen LogP contribution in [0.25, 0.3) is 10.9 Å². The Bertz CT molecular complexity index is 740. The highest BCUT2D eigenvalue weighted by Crippen LogP contribution is 2.46. The van der Waals surface area contributed by atoms with Gasteiger partial charge in [-0.2, -0.15) is 0 Å². The van der Waals surface area contributed by atoms with Crippen LogP contribution in [0, 0.1) is 15.5 Å². The lowest BCUT2D eigenvalue weighted by Gasteiger charge is -2.13. The summed E-state index contributed by atoms with van der Waals surface area (Å²) in [6.07, 6.45) is 2.80. The Kier molecular flexibility index (Phi) is 2.97. The van der Waals surface area contributed by atoms with E-state index >= 15 is 0 Å². The van der Waals surface area contributed by atoms with Crippen molar-refractivity contribution in [3.05, 3.63) is 40.6 Å². The maximum absolute atomic E-state index is 11.2. The largest absolute Gasteiger partial charge is 0.481 e. The summed E-state index contributed by atoms with van der Waals surface area (Å²) in [4.78, 5) is 25.8. The van der Waals surface area contributed by atoms with E-state index in [2.05, 4.69) is 10.3 Å². The Hall–Kier alpha value is -2.70. The molecule has 3 rings (SSSR count). The standard InChI is InChI=1S/C14H13N3O4/c18-13(19)14(5-6-14)8-16-10-3-4-11(17(20)21)12-9(10)2-1-7-15-12/h1-4,7,16H,5-6,8H2,(H,18,19). The van der Waals surface area contributed by atoms with E-state index < -0.39 is 16.3 Å². The molecule has 1 aromatic carbocycles. The molecule has 1 saturated carbocycles. The molecule has 0 unspecified atom stereocenters. The number of nitrogens with zero attached hydrogens (tertiary/aromatic N) is 2. The lowest BCUT2D eigenvalue weighted by atomic mass is 10.1. The second kappa shape index (κ2) is 4.69. The number of aromatic nitrogens is 1. The number of anilines is 1. The van der Waals surface area contributed by atoms with Gasteiger partial charge in [-0.15, -0.1) is 0 Å². The number of aliphatic carboxylic acids is 1. The van der Waals surface area contributed by atoms with Crippen molar-refractivity contribution in [1.82, 2.24) is 4.98 Å². The van der Waals surface area contributed by atoms with Gasteiger partial charge < -0.3 is 10.4 Å². The van der Waals surface area contributed by atoms with Gasteiger partial charge in [0.15, 0.2) is 0 Å². The lowest BCUT2D eigenvalue weighted by Crippen LogP contribution is -2.24. The first kappa shape index (κ1) is 13.3. The quantitative estimate of drug-likeness (QED) is 0.646. The minimum absolute atomic E-state index is 0.0597. The molecule has 7 nitrogen and oxygen atoms in total. The molecular formula is C14H13N3O4. The van der Waals surface area contributed by atoms with Crippen LogP contribution < -0.4 is 5.32 Å². The van der Waals surface area contributed by atoms with E-state index in [0.717, 1.165) is 0 Å². The number of nitrogens with one attached hydrogen (secondary N) is 1. The van der Waals surface area contributed by atoms with Gasteiger partial charge in [-0.25, -0.2) is 4.98 Å². The number of non-ortho nitro benzene ring substituents is 1. The van der Waals surface area contributed by atoms with E-state index in [1.807, 2.05) is 0 Å². The summed E-state index contributed by atoms with van der Waals surface area (Å²) in [5.74, 6) is -0.806. The number of hydrogen-bond donors (Lipinski definition) is 2. The van der Waals surface area contributed by atoms with Crippen LogP contribution in [0.3, 0.4) is 0 Å². The van der Waals surface area contributed by atoms with Gasteiger partial charge in [0.1, 0.15) is 5.52 Å². The van der Waals surface area contributed by atoms with Crippen molar-refractivity contribution < 1.29 is 14.8 Å². The van der Waals surface area contributed by atoms with Crippen molar-refractivity contribution in [2.24, 2.45) is 5.41 Å². The average Bonchev–Trinajstić information content (AvgIpc) is 3.25. The molecule has 1 aromatic heterocycles. The van der Waals surface area contributed by atoms with E-state index in [-0.39, 0.29) is 5.69 Å². The summed E-state index contributed by atoms with van der Waals surface area (Å²) in [6, 6.07) is 6.41. The minimum Gasteiger partial charge on any atom is -0.481 e. The van der Waals surface area contributed by atoms with Gasteiger partial charge in [-0.3, -0.25) is 14.9 Å². The minimum atomic E-state index is -0.806. The van der Waals surface area contributed by atoms with Crippen molar-refractivity contribution in [3.63, 3.8) is 0 Å². The van der Waals surface area contributed by atoms with Crippen LogP contribution in [0.2, 0.25) is 0 Å². The molecule has 108 valence electrons. The smallest absolute Gasteiger partial charge is 0.311 e. The van der Waals surface area contributed by atoms with Crippen LogP contribution in [-0.4, -0.2) is 27.5 Å².